The lowest BCUT2D eigenvalue weighted by Crippen LogP contribution is -2.03. The summed E-state index contributed by atoms with van der Waals surface area (Å²) in [7, 11) is 0. The first-order chi connectivity index (χ1) is 8.38. The largest absolute Gasteiger partial charge is 0.330 e. The number of hydrogen-bond donors (Lipinski definition) is 2. The van der Waals surface area contributed by atoms with Crippen molar-refractivity contribution in [3.05, 3.63) is 48.3 Å². The number of benzene rings is 1. The Balaban J connectivity index is 2.11. The highest BCUT2D eigenvalue weighted by atomic mass is 15.2. The molecule has 4 nitrogen and oxygen atoms in total. The summed E-state index contributed by atoms with van der Waals surface area (Å²) in [4.78, 5) is 4.58. The molecule has 1 aromatic carbocycles. The Labute approximate surface area is 99.1 Å². The second-order valence-electron chi connectivity index (χ2n) is 4.01. The van der Waals surface area contributed by atoms with Gasteiger partial charge in [-0.1, -0.05) is 24.3 Å². The predicted molar refractivity (Wildman–Crippen MR) is 67.7 cm³/mol. The third kappa shape index (κ3) is 1.72. The summed E-state index contributed by atoms with van der Waals surface area (Å²) < 4.78 is 1.91. The Kier molecular flexibility index (Phi) is 2.42. The van der Waals surface area contributed by atoms with Crippen LogP contribution in [0.3, 0.4) is 0 Å². The van der Waals surface area contributed by atoms with E-state index in [0.29, 0.717) is 6.54 Å². The van der Waals surface area contributed by atoms with Gasteiger partial charge < -0.3 is 10.8 Å². The zero-order chi connectivity index (χ0) is 11.7. The average Bonchev–Trinajstić information content (AvgIpc) is 2.90. The van der Waals surface area contributed by atoms with E-state index in [0.717, 1.165) is 23.3 Å². The minimum Gasteiger partial charge on any atom is -0.330 e. The van der Waals surface area contributed by atoms with Crippen LogP contribution in [0.15, 0.2) is 42.7 Å². The lowest BCUT2D eigenvalue weighted by molar-refractivity contribution is 0.966. The van der Waals surface area contributed by atoms with Gasteiger partial charge in [-0.05, 0) is 18.5 Å². The van der Waals surface area contributed by atoms with Gasteiger partial charge >= 0.3 is 0 Å². The van der Waals surface area contributed by atoms with Crippen molar-refractivity contribution >= 4 is 5.65 Å². The molecule has 0 bridgehead atoms. The number of H-pyrrole nitrogens is 1. The Bertz CT molecular complexity index is 607. The number of aromatic amines is 1. The number of fused-ring (bicyclic) bond motifs is 1. The molecule has 86 valence electrons. The maximum Gasteiger partial charge on any atom is 0.153 e. The molecule has 0 saturated heterocycles. The summed E-state index contributed by atoms with van der Waals surface area (Å²) in [6, 6.07) is 10.2. The molecule has 4 heteroatoms. The molecule has 0 amide bonds. The molecule has 17 heavy (non-hydrogen) atoms. The summed E-state index contributed by atoms with van der Waals surface area (Å²) >= 11 is 0. The molecule has 0 atom stereocenters. The van der Waals surface area contributed by atoms with Gasteiger partial charge in [0.2, 0.25) is 0 Å². The highest BCUT2D eigenvalue weighted by molar-refractivity contribution is 5.66. The highest BCUT2D eigenvalue weighted by Gasteiger charge is 2.08. The lowest BCUT2D eigenvalue weighted by atomic mass is 10.0. The summed E-state index contributed by atoms with van der Waals surface area (Å²) in [6.07, 6.45) is 4.75. The Morgan fingerprint density at radius 2 is 2.12 bits per heavy atom. The smallest absolute Gasteiger partial charge is 0.153 e. The van der Waals surface area contributed by atoms with Gasteiger partial charge in [0.05, 0.1) is 11.9 Å². The molecule has 0 saturated carbocycles. The van der Waals surface area contributed by atoms with Crippen molar-refractivity contribution in [2.45, 2.75) is 6.42 Å². The van der Waals surface area contributed by atoms with E-state index < -0.39 is 0 Å². The number of nitrogens with two attached hydrogens (primary N) is 1. The van der Waals surface area contributed by atoms with E-state index in [-0.39, 0.29) is 0 Å². The van der Waals surface area contributed by atoms with Gasteiger partial charge in [-0.2, -0.15) is 0 Å². The van der Waals surface area contributed by atoms with E-state index in [1.54, 1.807) is 0 Å². The fourth-order valence-electron chi connectivity index (χ4n) is 2.08. The second kappa shape index (κ2) is 4.07. The van der Waals surface area contributed by atoms with Crippen molar-refractivity contribution in [2.24, 2.45) is 5.73 Å². The quantitative estimate of drug-likeness (QED) is 0.715. The fourth-order valence-corrected chi connectivity index (χ4v) is 2.08. The topological polar surface area (TPSA) is 59.1 Å². The molecule has 2 heterocycles. The Hall–Kier alpha value is -2.07. The minimum absolute atomic E-state index is 0.655. The van der Waals surface area contributed by atoms with Crippen LogP contribution in [0, 0.1) is 0 Å². The molecule has 0 fully saturated rings. The van der Waals surface area contributed by atoms with E-state index >= 15 is 0 Å². The van der Waals surface area contributed by atoms with E-state index in [1.165, 1.54) is 5.56 Å². The van der Waals surface area contributed by atoms with Crippen molar-refractivity contribution in [2.75, 3.05) is 6.54 Å². The third-order valence-corrected chi connectivity index (χ3v) is 2.89. The van der Waals surface area contributed by atoms with Gasteiger partial charge in [-0.25, -0.2) is 9.50 Å². The monoisotopic (exact) mass is 226 g/mol. The molecule has 0 spiro atoms. The summed E-state index contributed by atoms with van der Waals surface area (Å²) in [5, 5.41) is 3.09. The minimum atomic E-state index is 0.655. The average molecular weight is 226 g/mol. The van der Waals surface area contributed by atoms with Gasteiger partial charge in [0, 0.05) is 17.8 Å². The van der Waals surface area contributed by atoms with Crippen LogP contribution < -0.4 is 5.73 Å². The molecule has 3 rings (SSSR count). The number of rotatable bonds is 3. The standard InChI is InChI=1S/C13H14N4/c14-7-5-10-3-1-2-4-11(10)12-9-17-13(16-12)6-8-15-17/h1-4,6,8-9,15H,5,7,14H2. The SMILES string of the molecule is NCCc1ccccc1-c1cn2[nH]ccc2n1. The van der Waals surface area contributed by atoms with Crippen LogP contribution in [0.1, 0.15) is 5.56 Å². The molecule has 0 unspecified atom stereocenters. The van der Waals surface area contributed by atoms with E-state index in [1.807, 2.05) is 35.1 Å². The molecule has 0 radical (unpaired) electrons. The van der Waals surface area contributed by atoms with Crippen LogP contribution in [0.4, 0.5) is 0 Å². The molecule has 0 aliphatic heterocycles. The van der Waals surface area contributed by atoms with Gasteiger partial charge in [0.15, 0.2) is 5.65 Å². The van der Waals surface area contributed by atoms with E-state index in [4.69, 9.17) is 5.73 Å². The normalized spacial score (nSPS) is 11.1. The van der Waals surface area contributed by atoms with Gasteiger partial charge in [-0.3, -0.25) is 0 Å². The summed E-state index contributed by atoms with van der Waals surface area (Å²) in [5.41, 5.74) is 9.96. The second-order valence-corrected chi connectivity index (χ2v) is 4.01. The first-order valence-electron chi connectivity index (χ1n) is 5.69. The van der Waals surface area contributed by atoms with E-state index in [2.05, 4.69) is 22.2 Å². The molecular formula is C13H14N4. The molecule has 0 aliphatic rings. The zero-order valence-electron chi connectivity index (χ0n) is 9.43. The van der Waals surface area contributed by atoms with Crippen LogP contribution in [-0.4, -0.2) is 21.1 Å². The van der Waals surface area contributed by atoms with Gasteiger partial charge in [-0.15, -0.1) is 0 Å². The fraction of sp³-hybridized carbons (Fsp3) is 0.154. The number of nitrogens with one attached hydrogen (secondary N) is 1. The van der Waals surface area contributed by atoms with Gasteiger partial charge in [0.25, 0.3) is 0 Å². The van der Waals surface area contributed by atoms with Crippen LogP contribution in [-0.2, 0) is 6.42 Å². The van der Waals surface area contributed by atoms with Crippen molar-refractivity contribution in [1.82, 2.24) is 14.6 Å². The van der Waals surface area contributed by atoms with Crippen LogP contribution in [0.25, 0.3) is 16.9 Å². The van der Waals surface area contributed by atoms with Crippen LogP contribution >= 0.6 is 0 Å². The third-order valence-electron chi connectivity index (χ3n) is 2.89. The van der Waals surface area contributed by atoms with E-state index in [9.17, 15) is 0 Å². The first-order valence-corrected chi connectivity index (χ1v) is 5.69. The van der Waals surface area contributed by atoms with Crippen molar-refractivity contribution in [1.29, 1.82) is 0 Å². The van der Waals surface area contributed by atoms with Crippen molar-refractivity contribution in [3.8, 4) is 11.3 Å². The molecular weight excluding hydrogens is 212 g/mol. The Morgan fingerprint density at radius 3 is 2.94 bits per heavy atom. The molecule has 0 aliphatic carbocycles. The number of hydrogen-bond acceptors (Lipinski definition) is 2. The first kappa shape index (κ1) is 10.1. The maximum absolute atomic E-state index is 5.63. The number of aromatic nitrogens is 3. The molecule has 3 aromatic rings. The summed E-state index contributed by atoms with van der Waals surface area (Å²) in [6.45, 7) is 0.655. The van der Waals surface area contributed by atoms with Gasteiger partial charge in [0.1, 0.15) is 0 Å². The number of imidazole rings is 1. The van der Waals surface area contributed by atoms with Crippen molar-refractivity contribution < 1.29 is 0 Å². The highest BCUT2D eigenvalue weighted by Crippen LogP contribution is 2.23. The Morgan fingerprint density at radius 1 is 1.24 bits per heavy atom. The summed E-state index contributed by atoms with van der Waals surface area (Å²) in [5.74, 6) is 0. The van der Waals surface area contributed by atoms with Crippen LogP contribution in [0.2, 0.25) is 0 Å². The van der Waals surface area contributed by atoms with Crippen LogP contribution in [0.5, 0.6) is 0 Å². The predicted octanol–water partition coefficient (Wildman–Crippen LogP) is 1.83. The molecule has 3 N–H and O–H groups in total. The molecule has 2 aromatic heterocycles. The number of nitrogens with zero attached hydrogens (tertiary/aromatic N) is 2. The zero-order valence-corrected chi connectivity index (χ0v) is 9.43. The lowest BCUT2D eigenvalue weighted by Gasteiger charge is -2.05. The van der Waals surface area contributed by atoms with Crippen molar-refractivity contribution in [3.63, 3.8) is 0 Å². The maximum atomic E-state index is 5.63.